The van der Waals surface area contributed by atoms with Crippen LogP contribution < -0.4 is 0 Å². The molecule has 1 rings (SSSR count). The number of amides is 1. The van der Waals surface area contributed by atoms with Gasteiger partial charge in [0, 0.05) is 30.6 Å². The largest absolute Gasteiger partial charge is 0.469 e. The molecule has 104 valence electrons. The molecule has 0 atom stereocenters. The lowest BCUT2D eigenvalue weighted by Gasteiger charge is -2.17. The normalized spacial score (nSPS) is 10.1. The minimum atomic E-state index is -0.261. The van der Waals surface area contributed by atoms with Crippen LogP contribution in [-0.4, -0.2) is 37.5 Å². The monoisotopic (exact) mass is 283 g/mol. The zero-order chi connectivity index (χ0) is 14.4. The Balaban J connectivity index is 2.56. The number of rotatable bonds is 5. The molecule has 0 heterocycles. The highest BCUT2D eigenvalue weighted by Gasteiger charge is 2.12. The molecular formula is C14H18ClNO3. The number of benzene rings is 1. The number of methoxy groups -OCH3 is 1. The molecule has 4 nitrogen and oxygen atoms in total. The molecule has 1 aromatic carbocycles. The van der Waals surface area contributed by atoms with E-state index >= 15 is 0 Å². The molecule has 0 spiro atoms. The molecule has 0 saturated heterocycles. The summed E-state index contributed by atoms with van der Waals surface area (Å²) >= 11 is 5.92. The lowest BCUT2D eigenvalue weighted by atomic mass is 10.1. The van der Waals surface area contributed by atoms with Gasteiger partial charge in [0.2, 0.25) is 0 Å². The lowest BCUT2D eigenvalue weighted by molar-refractivity contribution is -0.140. The van der Waals surface area contributed by atoms with E-state index in [4.69, 9.17) is 11.6 Å². The molecule has 0 fully saturated rings. The highest BCUT2D eigenvalue weighted by Crippen LogP contribution is 2.17. The number of nitrogens with zero attached hydrogens (tertiary/aromatic N) is 1. The molecule has 0 unspecified atom stereocenters. The van der Waals surface area contributed by atoms with Crippen molar-refractivity contribution in [1.82, 2.24) is 4.90 Å². The van der Waals surface area contributed by atoms with Gasteiger partial charge in [-0.3, -0.25) is 9.59 Å². The van der Waals surface area contributed by atoms with Crippen LogP contribution in [-0.2, 0) is 9.53 Å². The average molecular weight is 284 g/mol. The number of halogens is 1. The maximum absolute atomic E-state index is 12.1. The summed E-state index contributed by atoms with van der Waals surface area (Å²) in [4.78, 5) is 24.7. The zero-order valence-electron chi connectivity index (χ0n) is 11.4. The summed E-state index contributed by atoms with van der Waals surface area (Å²) in [6.45, 7) is 2.37. The van der Waals surface area contributed by atoms with Gasteiger partial charge in [-0.15, -0.1) is 0 Å². The van der Waals surface area contributed by atoms with E-state index in [0.717, 1.165) is 5.56 Å². The zero-order valence-corrected chi connectivity index (χ0v) is 12.2. The van der Waals surface area contributed by atoms with Crippen LogP contribution in [0.1, 0.15) is 28.8 Å². The highest BCUT2D eigenvalue weighted by atomic mass is 35.5. The Hall–Kier alpha value is -1.55. The van der Waals surface area contributed by atoms with Gasteiger partial charge in [-0.2, -0.15) is 0 Å². The van der Waals surface area contributed by atoms with E-state index in [-0.39, 0.29) is 11.9 Å². The molecule has 0 aliphatic carbocycles. The first kappa shape index (κ1) is 15.5. The maximum atomic E-state index is 12.1. The third-order valence-electron chi connectivity index (χ3n) is 2.85. The third kappa shape index (κ3) is 4.56. The number of hydrogen-bond acceptors (Lipinski definition) is 3. The van der Waals surface area contributed by atoms with Crippen molar-refractivity contribution < 1.29 is 14.3 Å². The van der Waals surface area contributed by atoms with E-state index < -0.39 is 0 Å². The van der Waals surface area contributed by atoms with Crippen LogP contribution in [0.4, 0.5) is 0 Å². The molecular weight excluding hydrogens is 266 g/mol. The summed E-state index contributed by atoms with van der Waals surface area (Å²) in [5.41, 5.74) is 1.47. The quantitative estimate of drug-likeness (QED) is 0.781. The van der Waals surface area contributed by atoms with Crippen LogP contribution in [0.5, 0.6) is 0 Å². The summed E-state index contributed by atoms with van der Waals surface area (Å²) in [7, 11) is 3.07. The third-order valence-corrected chi connectivity index (χ3v) is 3.28. The second-order valence-corrected chi connectivity index (χ2v) is 4.78. The number of hydrogen-bond donors (Lipinski definition) is 0. The molecule has 0 aliphatic rings. The standard InChI is InChI=1S/C14H18ClNO3/c1-10-9-11(6-7-12(10)15)14(18)16(2)8-4-5-13(17)19-3/h6-7,9H,4-5,8H2,1-3H3. The van der Waals surface area contributed by atoms with Crippen LogP contribution >= 0.6 is 11.6 Å². The Morgan fingerprint density at radius 2 is 2.05 bits per heavy atom. The smallest absolute Gasteiger partial charge is 0.305 e. The number of aryl methyl sites for hydroxylation is 1. The number of ether oxygens (including phenoxy) is 1. The molecule has 0 radical (unpaired) electrons. The van der Waals surface area contributed by atoms with Crippen molar-refractivity contribution in [2.45, 2.75) is 19.8 Å². The van der Waals surface area contributed by atoms with Gasteiger partial charge in [-0.05, 0) is 37.1 Å². The van der Waals surface area contributed by atoms with Gasteiger partial charge in [0.15, 0.2) is 0 Å². The van der Waals surface area contributed by atoms with E-state index in [0.29, 0.717) is 30.0 Å². The van der Waals surface area contributed by atoms with Gasteiger partial charge in [-0.1, -0.05) is 11.6 Å². The van der Waals surface area contributed by atoms with Crippen LogP contribution in [0.15, 0.2) is 18.2 Å². The van der Waals surface area contributed by atoms with Gasteiger partial charge >= 0.3 is 5.97 Å². The molecule has 0 bridgehead atoms. The van der Waals surface area contributed by atoms with Gasteiger partial charge in [0.05, 0.1) is 7.11 Å². The van der Waals surface area contributed by atoms with Crippen molar-refractivity contribution >= 4 is 23.5 Å². The summed E-state index contributed by atoms with van der Waals surface area (Å²) in [6.07, 6.45) is 0.898. The average Bonchev–Trinajstić information content (AvgIpc) is 2.40. The minimum Gasteiger partial charge on any atom is -0.469 e. The first-order chi connectivity index (χ1) is 8.95. The van der Waals surface area contributed by atoms with E-state index in [1.54, 1.807) is 30.1 Å². The molecule has 19 heavy (non-hydrogen) atoms. The second kappa shape index (κ2) is 7.14. The summed E-state index contributed by atoms with van der Waals surface area (Å²) in [5.74, 6) is -0.340. The van der Waals surface area contributed by atoms with Crippen molar-refractivity contribution in [2.24, 2.45) is 0 Å². The Morgan fingerprint density at radius 3 is 2.63 bits per heavy atom. The SMILES string of the molecule is COC(=O)CCCN(C)C(=O)c1ccc(Cl)c(C)c1. The number of carbonyl (C=O) groups excluding carboxylic acids is 2. The fourth-order valence-electron chi connectivity index (χ4n) is 1.66. The molecule has 0 aromatic heterocycles. The Labute approximate surface area is 118 Å². The molecule has 0 saturated carbocycles. The van der Waals surface area contributed by atoms with E-state index in [9.17, 15) is 9.59 Å². The molecule has 5 heteroatoms. The van der Waals surface area contributed by atoms with Crippen LogP contribution in [0.25, 0.3) is 0 Å². The molecule has 1 aromatic rings. The second-order valence-electron chi connectivity index (χ2n) is 4.37. The van der Waals surface area contributed by atoms with Crippen molar-refractivity contribution in [1.29, 1.82) is 0 Å². The lowest BCUT2D eigenvalue weighted by Crippen LogP contribution is -2.28. The summed E-state index contributed by atoms with van der Waals surface area (Å²) < 4.78 is 4.55. The Bertz CT molecular complexity index is 474. The summed E-state index contributed by atoms with van der Waals surface area (Å²) in [5, 5.41) is 0.643. The fraction of sp³-hybridized carbons (Fsp3) is 0.429. The number of esters is 1. The minimum absolute atomic E-state index is 0.0790. The Morgan fingerprint density at radius 1 is 1.37 bits per heavy atom. The van der Waals surface area contributed by atoms with Gasteiger partial charge in [0.1, 0.15) is 0 Å². The van der Waals surface area contributed by atoms with E-state index in [1.165, 1.54) is 7.11 Å². The fourth-order valence-corrected chi connectivity index (χ4v) is 1.78. The first-order valence-corrected chi connectivity index (χ1v) is 6.42. The van der Waals surface area contributed by atoms with E-state index in [1.807, 2.05) is 6.92 Å². The molecule has 0 N–H and O–H groups in total. The van der Waals surface area contributed by atoms with E-state index in [2.05, 4.69) is 4.74 Å². The summed E-state index contributed by atoms with van der Waals surface area (Å²) in [6, 6.07) is 5.18. The van der Waals surface area contributed by atoms with Gasteiger partial charge in [-0.25, -0.2) is 0 Å². The highest BCUT2D eigenvalue weighted by molar-refractivity contribution is 6.31. The van der Waals surface area contributed by atoms with Crippen LogP contribution in [0, 0.1) is 6.92 Å². The first-order valence-electron chi connectivity index (χ1n) is 6.04. The topological polar surface area (TPSA) is 46.6 Å². The predicted octanol–water partition coefficient (Wildman–Crippen LogP) is 2.67. The molecule has 0 aliphatic heterocycles. The van der Waals surface area contributed by atoms with Gasteiger partial charge < -0.3 is 9.64 Å². The van der Waals surface area contributed by atoms with Crippen molar-refractivity contribution in [3.05, 3.63) is 34.3 Å². The van der Waals surface area contributed by atoms with Crippen molar-refractivity contribution in [3.8, 4) is 0 Å². The molecule has 1 amide bonds. The number of carbonyl (C=O) groups is 2. The van der Waals surface area contributed by atoms with Gasteiger partial charge in [0.25, 0.3) is 5.91 Å². The maximum Gasteiger partial charge on any atom is 0.305 e. The van der Waals surface area contributed by atoms with Crippen molar-refractivity contribution in [3.63, 3.8) is 0 Å². The van der Waals surface area contributed by atoms with Crippen LogP contribution in [0.3, 0.4) is 0 Å². The Kier molecular flexibility index (Phi) is 5.83. The van der Waals surface area contributed by atoms with Crippen molar-refractivity contribution in [2.75, 3.05) is 20.7 Å². The van der Waals surface area contributed by atoms with Crippen LogP contribution in [0.2, 0.25) is 5.02 Å². The predicted molar refractivity (Wildman–Crippen MR) is 74.4 cm³/mol.